The van der Waals surface area contributed by atoms with Gasteiger partial charge in [0.1, 0.15) is 0 Å². The minimum Gasteiger partial charge on any atom is -0.353 e. The van der Waals surface area contributed by atoms with Crippen molar-refractivity contribution in [1.82, 2.24) is 20.1 Å². The van der Waals surface area contributed by atoms with E-state index in [1.807, 2.05) is 35.9 Å². The zero-order chi connectivity index (χ0) is 19.3. The molecule has 0 spiro atoms. The van der Waals surface area contributed by atoms with E-state index < -0.39 is 0 Å². The molecule has 1 aliphatic carbocycles. The van der Waals surface area contributed by atoms with E-state index in [1.54, 1.807) is 11.3 Å². The fourth-order valence-corrected chi connectivity index (χ4v) is 4.88. The Bertz CT molecular complexity index is 1020. The molecule has 3 heterocycles. The first-order valence-electron chi connectivity index (χ1n) is 9.76. The Hall–Kier alpha value is -2.12. The quantitative estimate of drug-likeness (QED) is 0.701. The molecule has 1 aromatic carbocycles. The van der Waals surface area contributed by atoms with Gasteiger partial charge in [0.15, 0.2) is 10.8 Å². The van der Waals surface area contributed by atoms with E-state index >= 15 is 0 Å². The summed E-state index contributed by atoms with van der Waals surface area (Å²) < 4.78 is 2.97. The summed E-state index contributed by atoms with van der Waals surface area (Å²) in [5, 5.41) is 9.49. The van der Waals surface area contributed by atoms with Gasteiger partial charge >= 0.3 is 0 Å². The number of piperidine rings is 1. The number of aromatic nitrogens is 3. The topological polar surface area (TPSA) is 63.1 Å². The van der Waals surface area contributed by atoms with Crippen LogP contribution in [0.5, 0.6) is 0 Å². The molecule has 2 fully saturated rings. The maximum atomic E-state index is 12.5. The monoisotopic (exact) mass is 415 g/mol. The standard InChI is InChI=1S/C20H22ClN5OS/c1-12-17-18(26(24-12)16-8-4-14(21)5-9-16)23-20(28-17)25-10-2-3-13(11-25)19(27)22-15-6-7-15/h4-5,8-9,13,15H,2-3,6-7,10-11H2,1H3,(H,22,27). The Morgan fingerprint density at radius 2 is 2.04 bits per heavy atom. The molecular weight excluding hydrogens is 394 g/mol. The number of carbonyl (C=O) groups is 1. The molecule has 1 saturated carbocycles. The summed E-state index contributed by atoms with van der Waals surface area (Å²) in [4.78, 5) is 19.7. The van der Waals surface area contributed by atoms with Crippen molar-refractivity contribution < 1.29 is 4.79 Å². The maximum absolute atomic E-state index is 12.5. The normalized spacial score (nSPS) is 19.9. The van der Waals surface area contributed by atoms with Gasteiger partial charge in [-0.25, -0.2) is 4.68 Å². The van der Waals surface area contributed by atoms with Gasteiger partial charge < -0.3 is 10.2 Å². The lowest BCUT2D eigenvalue weighted by atomic mass is 9.97. The van der Waals surface area contributed by atoms with Crippen LogP contribution in [0.2, 0.25) is 5.02 Å². The molecule has 1 atom stereocenters. The number of thiazole rings is 1. The van der Waals surface area contributed by atoms with E-state index in [2.05, 4.69) is 15.3 Å². The van der Waals surface area contributed by atoms with E-state index in [0.717, 1.165) is 65.6 Å². The average molecular weight is 416 g/mol. The van der Waals surface area contributed by atoms with Crippen LogP contribution >= 0.6 is 22.9 Å². The predicted octanol–water partition coefficient (Wildman–Crippen LogP) is 3.94. The van der Waals surface area contributed by atoms with Gasteiger partial charge in [-0.3, -0.25) is 4.79 Å². The molecule has 1 aliphatic heterocycles. The Balaban J connectivity index is 1.42. The second-order valence-corrected chi connectivity index (χ2v) is 9.10. The third kappa shape index (κ3) is 3.37. The summed E-state index contributed by atoms with van der Waals surface area (Å²) in [6.45, 7) is 3.69. The number of nitrogens with zero attached hydrogens (tertiary/aromatic N) is 4. The smallest absolute Gasteiger partial charge is 0.225 e. The largest absolute Gasteiger partial charge is 0.353 e. The molecule has 0 radical (unpaired) electrons. The lowest BCUT2D eigenvalue weighted by Crippen LogP contribution is -2.43. The number of hydrogen-bond acceptors (Lipinski definition) is 5. The van der Waals surface area contributed by atoms with Crippen LogP contribution in [-0.2, 0) is 4.79 Å². The molecule has 1 amide bonds. The van der Waals surface area contributed by atoms with Gasteiger partial charge in [0.25, 0.3) is 0 Å². The van der Waals surface area contributed by atoms with E-state index in [0.29, 0.717) is 11.1 Å². The van der Waals surface area contributed by atoms with Crippen molar-refractivity contribution in [2.75, 3.05) is 18.0 Å². The molecule has 3 aromatic rings. The highest BCUT2D eigenvalue weighted by atomic mass is 35.5. The summed E-state index contributed by atoms with van der Waals surface area (Å²) >= 11 is 7.68. The number of hydrogen-bond donors (Lipinski definition) is 1. The summed E-state index contributed by atoms with van der Waals surface area (Å²) in [5.41, 5.74) is 2.78. The van der Waals surface area contributed by atoms with E-state index in [1.165, 1.54) is 0 Å². The second kappa shape index (κ2) is 7.04. The van der Waals surface area contributed by atoms with Crippen molar-refractivity contribution >= 4 is 44.3 Å². The van der Waals surface area contributed by atoms with E-state index in [4.69, 9.17) is 16.6 Å². The zero-order valence-electron chi connectivity index (χ0n) is 15.7. The Labute approximate surface area is 172 Å². The number of fused-ring (bicyclic) bond motifs is 1. The van der Waals surface area contributed by atoms with Crippen LogP contribution in [0.15, 0.2) is 24.3 Å². The molecule has 1 saturated heterocycles. The first-order valence-corrected chi connectivity index (χ1v) is 11.0. The fourth-order valence-electron chi connectivity index (χ4n) is 3.73. The van der Waals surface area contributed by atoms with E-state index in [9.17, 15) is 4.79 Å². The number of carbonyl (C=O) groups excluding carboxylic acids is 1. The number of aryl methyl sites for hydroxylation is 1. The van der Waals surface area contributed by atoms with E-state index in [-0.39, 0.29) is 11.8 Å². The van der Waals surface area contributed by atoms with Crippen molar-refractivity contribution in [2.45, 2.75) is 38.6 Å². The Morgan fingerprint density at radius 1 is 1.25 bits per heavy atom. The number of benzene rings is 1. The highest BCUT2D eigenvalue weighted by molar-refractivity contribution is 7.22. The number of rotatable bonds is 4. The molecule has 2 aromatic heterocycles. The molecule has 146 valence electrons. The number of anilines is 1. The zero-order valence-corrected chi connectivity index (χ0v) is 17.3. The van der Waals surface area contributed by atoms with Crippen LogP contribution in [0, 0.1) is 12.8 Å². The number of amides is 1. The van der Waals surface area contributed by atoms with Gasteiger partial charge in [0.05, 0.1) is 22.0 Å². The van der Waals surface area contributed by atoms with Crippen LogP contribution < -0.4 is 10.2 Å². The van der Waals surface area contributed by atoms with Gasteiger partial charge in [0, 0.05) is 24.2 Å². The van der Waals surface area contributed by atoms with Crippen molar-refractivity contribution in [3.8, 4) is 5.69 Å². The van der Waals surface area contributed by atoms with Gasteiger partial charge in [-0.15, -0.1) is 0 Å². The molecule has 2 aliphatic rings. The summed E-state index contributed by atoms with van der Waals surface area (Å²) in [5.74, 6) is 0.257. The summed E-state index contributed by atoms with van der Waals surface area (Å²) in [7, 11) is 0. The lowest BCUT2D eigenvalue weighted by molar-refractivity contribution is -0.125. The average Bonchev–Trinajstić information content (AvgIpc) is 3.31. The van der Waals surface area contributed by atoms with Crippen molar-refractivity contribution in [2.24, 2.45) is 5.92 Å². The summed E-state index contributed by atoms with van der Waals surface area (Å²) in [6, 6.07) is 8.04. The van der Waals surface area contributed by atoms with Gasteiger partial charge in [0.2, 0.25) is 5.91 Å². The van der Waals surface area contributed by atoms with Crippen LogP contribution in [-0.4, -0.2) is 39.8 Å². The van der Waals surface area contributed by atoms with Gasteiger partial charge in [-0.05, 0) is 56.9 Å². The van der Waals surface area contributed by atoms with Crippen LogP contribution in [0.3, 0.4) is 0 Å². The lowest BCUT2D eigenvalue weighted by Gasteiger charge is -2.31. The maximum Gasteiger partial charge on any atom is 0.225 e. The molecule has 28 heavy (non-hydrogen) atoms. The summed E-state index contributed by atoms with van der Waals surface area (Å²) in [6.07, 6.45) is 4.22. The predicted molar refractivity (Wildman–Crippen MR) is 113 cm³/mol. The van der Waals surface area contributed by atoms with Crippen molar-refractivity contribution in [1.29, 1.82) is 0 Å². The molecule has 0 bridgehead atoms. The minimum atomic E-state index is 0.0511. The Morgan fingerprint density at radius 3 is 2.79 bits per heavy atom. The first kappa shape index (κ1) is 17.9. The number of nitrogens with one attached hydrogen (secondary N) is 1. The SMILES string of the molecule is Cc1nn(-c2ccc(Cl)cc2)c2nc(N3CCCC(C(=O)NC4CC4)C3)sc12. The molecular formula is C20H22ClN5OS. The Kier molecular flexibility index (Phi) is 4.51. The third-order valence-corrected chi connectivity index (χ3v) is 6.90. The van der Waals surface area contributed by atoms with Crippen LogP contribution in [0.4, 0.5) is 5.13 Å². The highest BCUT2D eigenvalue weighted by Crippen LogP contribution is 2.34. The van der Waals surface area contributed by atoms with Gasteiger partial charge in [-0.1, -0.05) is 22.9 Å². The molecule has 5 rings (SSSR count). The van der Waals surface area contributed by atoms with Crippen LogP contribution in [0.1, 0.15) is 31.4 Å². The minimum absolute atomic E-state index is 0.0511. The van der Waals surface area contributed by atoms with Crippen LogP contribution in [0.25, 0.3) is 16.0 Å². The molecule has 8 heteroatoms. The molecule has 6 nitrogen and oxygen atoms in total. The van der Waals surface area contributed by atoms with Crippen molar-refractivity contribution in [3.63, 3.8) is 0 Å². The molecule has 1 N–H and O–H groups in total. The van der Waals surface area contributed by atoms with Gasteiger partial charge in [-0.2, -0.15) is 10.1 Å². The second-order valence-electron chi connectivity index (χ2n) is 7.69. The third-order valence-electron chi connectivity index (χ3n) is 5.43. The highest BCUT2D eigenvalue weighted by Gasteiger charge is 2.31. The van der Waals surface area contributed by atoms with Crippen molar-refractivity contribution in [3.05, 3.63) is 35.0 Å². The fraction of sp³-hybridized carbons (Fsp3) is 0.450. The first-order chi connectivity index (χ1) is 13.6. The molecule has 1 unspecified atom stereocenters. The number of halogens is 1.